The molecule has 132 heavy (non-hydrogen) atoms. The summed E-state index contributed by atoms with van der Waals surface area (Å²) in [5.74, 6) is 1.87. The zero-order valence-corrected chi connectivity index (χ0v) is 81.4. The highest BCUT2D eigenvalue weighted by atomic mass is 79.9. The van der Waals surface area contributed by atoms with Crippen molar-refractivity contribution in [2.24, 2.45) is 0 Å². The molecule has 21 nitrogen and oxygen atoms in total. The molecule has 0 radical (unpaired) electrons. The fraction of sp³-hybridized carbons (Fsp3) is 0.248. The molecule has 0 aliphatic rings. The first-order chi connectivity index (χ1) is 62.7. The van der Waals surface area contributed by atoms with E-state index in [9.17, 15) is 17.6 Å². The van der Waals surface area contributed by atoms with Gasteiger partial charge in [-0.2, -0.15) is 49.7 Å². The predicted molar refractivity (Wildman–Crippen MR) is 523 cm³/mol. The van der Waals surface area contributed by atoms with Crippen LogP contribution in [0.5, 0.6) is 0 Å². The van der Waals surface area contributed by atoms with Crippen LogP contribution in [0.4, 0.5) is 74.4 Å². The number of pyridine rings is 1. The third-order valence-corrected chi connectivity index (χ3v) is 24.8. The van der Waals surface area contributed by atoms with Crippen molar-refractivity contribution in [3.05, 3.63) is 315 Å². The second-order valence-electron chi connectivity index (χ2n) is 32.3. The predicted octanol–water partition coefficient (Wildman–Crippen LogP) is 27.4. The van der Waals surface area contributed by atoms with Gasteiger partial charge in [-0.15, -0.1) is 0 Å². The Morgan fingerprint density at radius 2 is 0.636 bits per heavy atom. The Kier molecular flexibility index (Phi) is 31.0. The Bertz CT molecular complexity index is 6640. The molecule has 0 atom stereocenters. The minimum absolute atomic E-state index is 0.0401. The minimum atomic E-state index is -4.60. The number of anilines is 10. The Balaban J connectivity index is 0.000000159. The lowest BCUT2D eigenvalue weighted by Gasteiger charge is -2.24. The van der Waals surface area contributed by atoms with Crippen LogP contribution in [-0.2, 0) is 19.3 Å². The summed E-state index contributed by atoms with van der Waals surface area (Å²) in [6.07, 6.45) is -2.87. The van der Waals surface area contributed by atoms with E-state index in [-0.39, 0.29) is 11.1 Å². The lowest BCUT2D eigenvalue weighted by Crippen LogP contribution is -2.14. The average molecular weight is 1900 g/mol. The molecule has 0 spiro atoms. The van der Waals surface area contributed by atoms with E-state index in [0.29, 0.717) is 28.2 Å². The highest BCUT2D eigenvalue weighted by Gasteiger charge is 2.35. The standard InChI is InChI=1S/C23H23F3N4.C22H23BrN4.C20H18BrN3O.C20H18FN3O.C20H20N4O/c1-6-30-16(4)22(15(3)28-30)17-8-7-14(2)21(11-17)29(5)19-10-9-18(13-27)20(12-19)23(24,25)26;1-6-27-16(4)22(15(3)25-27)17-8-7-14(2)21(11-17)26(5)19-10-9-18(13-24)20(23)12-19;2*1-12-5-6-15(20-13(2)23-25-14(20)3)9-19(12)24(4)17-8-7-16(11-22)18(21)10-17;1-12-6-7-16(20-14(3)23-25-15(20)4)9-19(12)24(5)17-8-13(2)18(10-21)22-11-17/h7-12H,6H2,1-5H3;7-12H,6H2,1-5H3;2*5-10H,1-4H3;6-9,11H,1-5H3. The Morgan fingerprint density at radius 3 is 0.902 bits per heavy atom. The maximum atomic E-state index is 14.0. The monoisotopic (exact) mass is 1900 g/mol. The fourth-order valence-electron chi connectivity index (χ4n) is 16.2. The minimum Gasteiger partial charge on any atom is -0.361 e. The average Bonchev–Trinajstić information content (AvgIpc) is 1.55. The number of hydrogen-bond acceptors (Lipinski definition) is 19. The Labute approximate surface area is 785 Å². The largest absolute Gasteiger partial charge is 0.417 e. The molecule has 0 bridgehead atoms. The van der Waals surface area contributed by atoms with Crippen LogP contribution in [-0.4, -0.2) is 75.3 Å². The lowest BCUT2D eigenvalue weighted by molar-refractivity contribution is -0.137. The third kappa shape index (κ3) is 21.2. The summed E-state index contributed by atoms with van der Waals surface area (Å²) in [6, 6.07) is 63.0. The molecular formula is C105H102Br2F4N18O3. The van der Waals surface area contributed by atoms with Gasteiger partial charge in [0.25, 0.3) is 0 Å². The van der Waals surface area contributed by atoms with E-state index in [1.54, 1.807) is 30.3 Å². The van der Waals surface area contributed by atoms with Gasteiger partial charge < -0.3 is 38.1 Å². The zero-order valence-electron chi connectivity index (χ0n) is 78.2. The van der Waals surface area contributed by atoms with Crippen molar-refractivity contribution in [1.29, 1.82) is 26.3 Å². The summed E-state index contributed by atoms with van der Waals surface area (Å²) in [5.41, 5.74) is 33.2. The third-order valence-electron chi connectivity index (χ3n) is 23.5. The van der Waals surface area contributed by atoms with Crippen molar-refractivity contribution in [3.63, 3.8) is 0 Å². The summed E-state index contributed by atoms with van der Waals surface area (Å²) in [6.45, 7) is 37.6. The van der Waals surface area contributed by atoms with Crippen LogP contribution in [0.15, 0.2) is 199 Å². The molecule has 6 heterocycles. The van der Waals surface area contributed by atoms with Crippen molar-refractivity contribution < 1.29 is 31.1 Å². The number of benzene rings is 9. The van der Waals surface area contributed by atoms with Gasteiger partial charge in [-0.3, -0.25) is 9.36 Å². The van der Waals surface area contributed by atoms with E-state index in [2.05, 4.69) is 199 Å². The number of aryl methyl sites for hydroxylation is 16. The zero-order chi connectivity index (χ0) is 96.3. The van der Waals surface area contributed by atoms with Gasteiger partial charge in [0.05, 0.1) is 74.2 Å². The van der Waals surface area contributed by atoms with Gasteiger partial charge in [0, 0.05) is 148 Å². The highest BCUT2D eigenvalue weighted by Crippen LogP contribution is 2.44. The maximum Gasteiger partial charge on any atom is 0.417 e. The van der Waals surface area contributed by atoms with Crippen molar-refractivity contribution in [2.45, 2.75) is 144 Å². The summed E-state index contributed by atoms with van der Waals surface area (Å²) < 4.78 is 75.6. The quantitative estimate of drug-likeness (QED) is 0.0767. The molecule has 15 rings (SSSR count). The van der Waals surface area contributed by atoms with Gasteiger partial charge in [0.2, 0.25) is 0 Å². The maximum absolute atomic E-state index is 14.0. The molecule has 0 aliphatic carbocycles. The van der Waals surface area contributed by atoms with Crippen LogP contribution in [0.3, 0.4) is 0 Å². The molecule has 0 aliphatic heterocycles. The Hall–Kier alpha value is -14.7. The first-order valence-electron chi connectivity index (χ1n) is 42.4. The SMILES string of the molecule is CCn1nc(C)c(-c2ccc(C)c(N(C)c3ccc(C#N)c(Br)c3)c2)c1C.CCn1nc(C)c(-c2ccc(C)c(N(C)c3ccc(C#N)c(C(F)(F)F)c3)c2)c1C.Cc1ccc(-c2c(C)noc2C)cc1N(C)c1ccc(C#N)c(Br)c1.Cc1ccc(-c2c(C)noc2C)cc1N(C)c1ccc(C#N)c(F)c1.Cc1ccc(-c2c(C)noc2C)cc1N(C)c1cnc(C#N)c(C)c1. The van der Waals surface area contributed by atoms with Crippen molar-refractivity contribution >= 4 is 88.7 Å². The first-order valence-corrected chi connectivity index (χ1v) is 44.0. The molecule has 0 saturated carbocycles. The van der Waals surface area contributed by atoms with Crippen molar-refractivity contribution in [1.82, 2.24) is 40.0 Å². The van der Waals surface area contributed by atoms with E-state index in [1.165, 1.54) is 52.2 Å². The number of hydrogen-bond donors (Lipinski definition) is 0. The Morgan fingerprint density at radius 1 is 0.341 bits per heavy atom. The van der Waals surface area contributed by atoms with Crippen LogP contribution in [0.25, 0.3) is 55.6 Å². The first kappa shape index (κ1) is 97.9. The number of rotatable bonds is 17. The molecule has 0 fully saturated rings. The smallest absolute Gasteiger partial charge is 0.361 e. The molecule has 672 valence electrons. The van der Waals surface area contributed by atoms with Crippen LogP contribution in [0, 0.1) is 173 Å². The van der Waals surface area contributed by atoms with Gasteiger partial charge in [0.15, 0.2) is 0 Å². The molecular weight excluding hydrogens is 1800 g/mol. The topological polar surface area (TPSA) is 262 Å². The van der Waals surface area contributed by atoms with Crippen LogP contribution < -0.4 is 24.5 Å². The molecule has 0 saturated heterocycles. The second-order valence-corrected chi connectivity index (χ2v) is 34.0. The normalized spacial score (nSPS) is 10.8. The molecule has 27 heteroatoms. The summed E-state index contributed by atoms with van der Waals surface area (Å²) in [5, 5.41) is 66.6. The van der Waals surface area contributed by atoms with Gasteiger partial charge in [-0.1, -0.05) is 76.1 Å². The lowest BCUT2D eigenvalue weighted by atomic mass is 10.00. The number of alkyl halides is 3. The van der Waals surface area contributed by atoms with Gasteiger partial charge in [-0.25, -0.2) is 9.37 Å². The highest BCUT2D eigenvalue weighted by molar-refractivity contribution is 9.10. The number of nitriles is 5. The summed E-state index contributed by atoms with van der Waals surface area (Å²) in [4.78, 5) is 14.2. The van der Waals surface area contributed by atoms with E-state index < -0.39 is 17.6 Å². The summed E-state index contributed by atoms with van der Waals surface area (Å²) in [7, 11) is 9.67. The van der Waals surface area contributed by atoms with Crippen LogP contribution in [0.1, 0.15) is 138 Å². The van der Waals surface area contributed by atoms with E-state index in [4.69, 9.17) is 39.9 Å². The summed E-state index contributed by atoms with van der Waals surface area (Å²) >= 11 is 6.95. The van der Waals surface area contributed by atoms with Crippen LogP contribution in [0.2, 0.25) is 0 Å². The van der Waals surface area contributed by atoms with Gasteiger partial charge in [-0.05, 0) is 327 Å². The van der Waals surface area contributed by atoms with Crippen LogP contribution >= 0.6 is 31.9 Å². The molecule has 15 aromatic rings. The van der Waals surface area contributed by atoms with Gasteiger partial charge >= 0.3 is 6.18 Å². The molecule has 6 aromatic heterocycles. The molecule has 9 aromatic carbocycles. The fourth-order valence-corrected chi connectivity index (χ4v) is 17.1. The number of halogens is 6. The number of nitrogens with zero attached hydrogens (tertiary/aromatic N) is 18. The van der Waals surface area contributed by atoms with E-state index in [1.807, 2.05) is 203 Å². The molecule has 0 amide bonds. The second kappa shape index (κ2) is 41.8. The van der Waals surface area contributed by atoms with Crippen molar-refractivity contribution in [2.75, 3.05) is 59.7 Å². The van der Waals surface area contributed by atoms with Gasteiger partial charge in [0.1, 0.15) is 53.1 Å². The van der Waals surface area contributed by atoms with E-state index in [0.717, 1.165) is 192 Å². The molecule has 0 unspecified atom stereocenters. The van der Waals surface area contributed by atoms with E-state index >= 15 is 0 Å². The molecule has 0 N–H and O–H groups in total. The number of aromatic nitrogens is 8. The van der Waals surface area contributed by atoms with Crippen molar-refractivity contribution in [3.8, 4) is 86.0 Å².